The van der Waals surface area contributed by atoms with Crippen LogP contribution in [0.4, 0.5) is 10.5 Å². The molecule has 0 saturated heterocycles. The van der Waals surface area contributed by atoms with E-state index in [1.165, 1.54) is 0 Å². The first-order valence-corrected chi connectivity index (χ1v) is 4.87. The van der Waals surface area contributed by atoms with Gasteiger partial charge in [0.1, 0.15) is 0 Å². The molecule has 0 bridgehead atoms. The number of hydrogen-bond acceptors (Lipinski definition) is 2. The average molecular weight is 205 g/mol. The van der Waals surface area contributed by atoms with Crippen molar-refractivity contribution in [1.82, 2.24) is 5.43 Å². The Labute approximate surface area is 89.4 Å². The van der Waals surface area contributed by atoms with Gasteiger partial charge in [-0.2, -0.15) is 5.10 Å². The number of hydrazone groups is 1. The Morgan fingerprint density at radius 3 is 2.60 bits per heavy atom. The molecule has 1 aromatic carbocycles. The van der Waals surface area contributed by atoms with Gasteiger partial charge in [0.15, 0.2) is 0 Å². The largest absolute Gasteiger partial charge is 0.339 e. The topological polar surface area (TPSA) is 53.5 Å². The summed E-state index contributed by atoms with van der Waals surface area (Å²) in [5.74, 6) is 0. The summed E-state index contributed by atoms with van der Waals surface area (Å²) >= 11 is 0. The van der Waals surface area contributed by atoms with E-state index < -0.39 is 0 Å². The van der Waals surface area contributed by atoms with Crippen molar-refractivity contribution in [3.8, 4) is 0 Å². The maximum Gasteiger partial charge on any atom is 0.339 e. The maximum atomic E-state index is 11.3. The summed E-state index contributed by atoms with van der Waals surface area (Å²) in [7, 11) is 0. The Kier molecular flexibility index (Phi) is 4.34. The monoisotopic (exact) mass is 205 g/mol. The molecular formula is C11H15N3O. The van der Waals surface area contributed by atoms with Crippen LogP contribution in [0.15, 0.2) is 35.4 Å². The van der Waals surface area contributed by atoms with Crippen LogP contribution in [0.2, 0.25) is 0 Å². The number of para-hydroxylation sites is 1. The van der Waals surface area contributed by atoms with Crippen molar-refractivity contribution < 1.29 is 4.79 Å². The molecule has 0 saturated carbocycles. The van der Waals surface area contributed by atoms with Crippen LogP contribution in [0, 0.1) is 0 Å². The van der Waals surface area contributed by atoms with Gasteiger partial charge in [0.05, 0.1) is 0 Å². The quantitative estimate of drug-likeness (QED) is 0.578. The van der Waals surface area contributed by atoms with Crippen LogP contribution >= 0.6 is 0 Å². The number of anilines is 1. The van der Waals surface area contributed by atoms with Gasteiger partial charge < -0.3 is 5.32 Å². The second-order valence-electron chi connectivity index (χ2n) is 3.13. The van der Waals surface area contributed by atoms with E-state index in [4.69, 9.17) is 0 Å². The molecule has 2 amide bonds. The highest BCUT2D eigenvalue weighted by atomic mass is 16.2. The van der Waals surface area contributed by atoms with Crippen LogP contribution in [-0.2, 0) is 0 Å². The number of urea groups is 1. The molecule has 0 heterocycles. The zero-order valence-electron chi connectivity index (χ0n) is 8.95. The first-order valence-electron chi connectivity index (χ1n) is 4.87. The predicted octanol–water partition coefficient (Wildman–Crippen LogP) is 2.59. The van der Waals surface area contributed by atoms with Crippen molar-refractivity contribution in [2.45, 2.75) is 20.3 Å². The van der Waals surface area contributed by atoms with Crippen molar-refractivity contribution in [2.24, 2.45) is 5.10 Å². The lowest BCUT2D eigenvalue weighted by atomic mass is 10.3. The molecule has 80 valence electrons. The number of carbonyl (C=O) groups is 1. The number of benzene rings is 1. The molecule has 0 spiro atoms. The average Bonchev–Trinajstić information content (AvgIpc) is 2.27. The molecule has 4 heteroatoms. The highest BCUT2D eigenvalue weighted by molar-refractivity contribution is 5.90. The van der Waals surface area contributed by atoms with Crippen molar-refractivity contribution in [2.75, 3.05) is 5.32 Å². The fraction of sp³-hybridized carbons (Fsp3) is 0.273. The van der Waals surface area contributed by atoms with Crippen LogP contribution in [0.25, 0.3) is 0 Å². The summed E-state index contributed by atoms with van der Waals surface area (Å²) in [4.78, 5) is 11.3. The third kappa shape index (κ3) is 4.26. The predicted molar refractivity (Wildman–Crippen MR) is 62.0 cm³/mol. The summed E-state index contributed by atoms with van der Waals surface area (Å²) in [6.45, 7) is 3.85. The minimum atomic E-state index is -0.325. The zero-order valence-corrected chi connectivity index (χ0v) is 8.95. The Morgan fingerprint density at radius 2 is 2.00 bits per heavy atom. The molecule has 2 N–H and O–H groups in total. The zero-order chi connectivity index (χ0) is 11.1. The Bertz CT molecular complexity index is 346. The van der Waals surface area contributed by atoms with E-state index in [1.807, 2.05) is 44.2 Å². The van der Waals surface area contributed by atoms with E-state index in [0.717, 1.165) is 17.8 Å². The molecule has 4 nitrogen and oxygen atoms in total. The van der Waals surface area contributed by atoms with Gasteiger partial charge in [-0.3, -0.25) is 0 Å². The van der Waals surface area contributed by atoms with E-state index >= 15 is 0 Å². The molecule has 0 aliphatic rings. The molecule has 0 unspecified atom stereocenters. The highest BCUT2D eigenvalue weighted by Crippen LogP contribution is 2.03. The third-order valence-corrected chi connectivity index (χ3v) is 1.89. The van der Waals surface area contributed by atoms with E-state index in [2.05, 4.69) is 15.8 Å². The minimum absolute atomic E-state index is 0.325. The number of carbonyl (C=O) groups excluding carboxylic acids is 1. The van der Waals surface area contributed by atoms with Gasteiger partial charge in [0.25, 0.3) is 0 Å². The van der Waals surface area contributed by atoms with E-state index in [1.54, 1.807) is 0 Å². The number of hydrogen-bond donors (Lipinski definition) is 2. The molecule has 1 aromatic rings. The molecule has 0 aliphatic carbocycles. The molecule has 0 radical (unpaired) electrons. The van der Waals surface area contributed by atoms with Crippen LogP contribution in [0.1, 0.15) is 20.3 Å². The molecule has 0 atom stereocenters. The van der Waals surface area contributed by atoms with E-state index in [0.29, 0.717) is 0 Å². The van der Waals surface area contributed by atoms with Gasteiger partial charge in [-0.25, -0.2) is 10.2 Å². The summed E-state index contributed by atoms with van der Waals surface area (Å²) < 4.78 is 0. The second-order valence-corrected chi connectivity index (χ2v) is 3.13. The number of rotatable bonds is 3. The lowest BCUT2D eigenvalue weighted by molar-refractivity contribution is 0.252. The van der Waals surface area contributed by atoms with Crippen LogP contribution < -0.4 is 10.7 Å². The Morgan fingerprint density at radius 1 is 1.33 bits per heavy atom. The van der Waals surface area contributed by atoms with Crippen molar-refractivity contribution in [1.29, 1.82) is 0 Å². The van der Waals surface area contributed by atoms with E-state index in [9.17, 15) is 4.79 Å². The molecule has 15 heavy (non-hydrogen) atoms. The molecule has 1 rings (SSSR count). The van der Waals surface area contributed by atoms with Gasteiger partial charge >= 0.3 is 6.03 Å². The molecular weight excluding hydrogens is 190 g/mol. The fourth-order valence-corrected chi connectivity index (χ4v) is 0.906. The van der Waals surface area contributed by atoms with Gasteiger partial charge in [-0.05, 0) is 25.5 Å². The number of nitrogens with zero attached hydrogens (tertiary/aromatic N) is 1. The Balaban J connectivity index is 2.44. The molecule has 0 aromatic heterocycles. The number of nitrogens with one attached hydrogen (secondary N) is 2. The van der Waals surface area contributed by atoms with Crippen molar-refractivity contribution >= 4 is 17.4 Å². The van der Waals surface area contributed by atoms with E-state index in [-0.39, 0.29) is 6.03 Å². The van der Waals surface area contributed by atoms with Gasteiger partial charge in [0.2, 0.25) is 0 Å². The summed E-state index contributed by atoms with van der Waals surface area (Å²) in [6.07, 6.45) is 0.825. The molecule has 0 fully saturated rings. The summed E-state index contributed by atoms with van der Waals surface area (Å²) in [6, 6.07) is 8.91. The lowest BCUT2D eigenvalue weighted by Gasteiger charge is -2.03. The SMILES string of the molecule is CC/C(C)=N/NC(=O)Nc1ccccc1. The summed E-state index contributed by atoms with van der Waals surface area (Å²) in [5.41, 5.74) is 4.06. The first-order chi connectivity index (χ1) is 7.22. The van der Waals surface area contributed by atoms with Crippen molar-refractivity contribution in [3.63, 3.8) is 0 Å². The van der Waals surface area contributed by atoms with Crippen molar-refractivity contribution in [3.05, 3.63) is 30.3 Å². The minimum Gasteiger partial charge on any atom is -0.307 e. The van der Waals surface area contributed by atoms with Gasteiger partial charge in [-0.1, -0.05) is 25.1 Å². The van der Waals surface area contributed by atoms with Gasteiger partial charge in [-0.15, -0.1) is 0 Å². The van der Waals surface area contributed by atoms with Crippen LogP contribution in [-0.4, -0.2) is 11.7 Å². The second kappa shape index (κ2) is 5.80. The smallest absolute Gasteiger partial charge is 0.307 e. The lowest BCUT2D eigenvalue weighted by Crippen LogP contribution is -2.24. The first kappa shape index (κ1) is 11.2. The Hall–Kier alpha value is -1.84. The van der Waals surface area contributed by atoms with Gasteiger partial charge in [0, 0.05) is 11.4 Å². The normalized spacial score (nSPS) is 10.9. The third-order valence-electron chi connectivity index (χ3n) is 1.89. The maximum absolute atomic E-state index is 11.3. The molecule has 0 aliphatic heterocycles. The summed E-state index contributed by atoms with van der Waals surface area (Å²) in [5, 5.41) is 6.56. The van der Waals surface area contributed by atoms with Crippen LogP contribution in [0.3, 0.4) is 0 Å². The standard InChI is InChI=1S/C11H15N3O/c1-3-9(2)13-14-11(15)12-10-7-5-4-6-8-10/h4-8H,3H2,1-2H3,(H2,12,14,15)/b13-9+. The fourth-order valence-electron chi connectivity index (χ4n) is 0.906. The van der Waals surface area contributed by atoms with Crippen LogP contribution in [0.5, 0.6) is 0 Å². The number of amides is 2. The highest BCUT2D eigenvalue weighted by Gasteiger charge is 1.98.